The molecule has 0 atom stereocenters. The van der Waals surface area contributed by atoms with Crippen molar-refractivity contribution in [1.82, 2.24) is 5.32 Å². The average Bonchev–Trinajstić information content (AvgIpc) is 2.44. The van der Waals surface area contributed by atoms with E-state index in [4.69, 9.17) is 16.2 Å². The van der Waals surface area contributed by atoms with Crippen molar-refractivity contribution < 1.29 is 14.3 Å². The fraction of sp³-hybridized carbons (Fsp3) is 0.429. The monoisotopic (exact) mass is 279 g/mol. The number of nitrogens with one attached hydrogen (secondary N) is 1. The van der Waals surface area contributed by atoms with Crippen LogP contribution in [-0.2, 0) is 4.79 Å². The fourth-order valence-corrected chi connectivity index (χ4v) is 1.59. The molecule has 6 heteroatoms. The molecule has 0 aliphatic rings. The van der Waals surface area contributed by atoms with Crippen LogP contribution >= 0.6 is 0 Å². The van der Waals surface area contributed by atoms with Crippen molar-refractivity contribution in [3.8, 4) is 5.75 Å². The molecular weight excluding hydrogens is 258 g/mol. The van der Waals surface area contributed by atoms with Crippen LogP contribution in [0, 0.1) is 0 Å². The van der Waals surface area contributed by atoms with Crippen LogP contribution < -0.4 is 21.5 Å². The maximum Gasteiger partial charge on any atom is 0.248 e. The highest BCUT2D eigenvalue weighted by atomic mass is 16.5. The third-order valence-corrected chi connectivity index (χ3v) is 2.67. The zero-order chi connectivity index (χ0) is 14.8. The third-order valence-electron chi connectivity index (χ3n) is 2.67. The Bertz CT molecular complexity index is 449. The van der Waals surface area contributed by atoms with Crippen LogP contribution in [0.15, 0.2) is 24.3 Å². The molecule has 0 aromatic heterocycles. The van der Waals surface area contributed by atoms with Crippen LogP contribution in [-0.4, -0.2) is 31.5 Å². The number of carbonyl (C=O) groups excluding carboxylic acids is 2. The van der Waals surface area contributed by atoms with E-state index in [1.807, 2.05) is 0 Å². The van der Waals surface area contributed by atoms with Gasteiger partial charge in [-0.05, 0) is 37.6 Å². The molecule has 0 radical (unpaired) electrons. The number of hydrogen-bond acceptors (Lipinski definition) is 4. The Labute approximate surface area is 118 Å². The molecule has 0 unspecified atom stereocenters. The van der Waals surface area contributed by atoms with Gasteiger partial charge in [-0.3, -0.25) is 9.59 Å². The van der Waals surface area contributed by atoms with Gasteiger partial charge in [-0.15, -0.1) is 0 Å². The summed E-state index contributed by atoms with van der Waals surface area (Å²) in [5, 5.41) is 2.78. The topological polar surface area (TPSA) is 107 Å². The number of ether oxygens (including phenoxy) is 1. The van der Waals surface area contributed by atoms with Crippen LogP contribution in [0.2, 0.25) is 0 Å². The van der Waals surface area contributed by atoms with E-state index in [-0.39, 0.29) is 18.9 Å². The first kappa shape index (κ1) is 16.0. The van der Waals surface area contributed by atoms with E-state index < -0.39 is 5.91 Å². The minimum atomic E-state index is -0.506. The van der Waals surface area contributed by atoms with Gasteiger partial charge in [0.1, 0.15) is 5.75 Å². The fourth-order valence-electron chi connectivity index (χ4n) is 1.59. The van der Waals surface area contributed by atoms with Gasteiger partial charge in [-0.1, -0.05) is 6.07 Å². The highest BCUT2D eigenvalue weighted by molar-refractivity contribution is 5.93. The van der Waals surface area contributed by atoms with E-state index in [0.717, 1.165) is 12.8 Å². The van der Waals surface area contributed by atoms with Crippen molar-refractivity contribution in [3.63, 3.8) is 0 Å². The summed E-state index contributed by atoms with van der Waals surface area (Å²) in [7, 11) is 0. The molecule has 0 saturated heterocycles. The van der Waals surface area contributed by atoms with Crippen LogP contribution in [0.1, 0.15) is 29.6 Å². The van der Waals surface area contributed by atoms with E-state index in [0.29, 0.717) is 24.4 Å². The SMILES string of the molecule is NCCCCNC(=O)CCOc1cccc(C(N)=O)c1. The van der Waals surface area contributed by atoms with Gasteiger partial charge in [0, 0.05) is 12.1 Å². The van der Waals surface area contributed by atoms with E-state index in [2.05, 4.69) is 5.32 Å². The normalized spacial score (nSPS) is 10.1. The summed E-state index contributed by atoms with van der Waals surface area (Å²) in [6.45, 7) is 1.52. The summed E-state index contributed by atoms with van der Waals surface area (Å²) in [5.41, 5.74) is 10.9. The lowest BCUT2D eigenvalue weighted by molar-refractivity contribution is -0.121. The third kappa shape index (κ3) is 6.19. The van der Waals surface area contributed by atoms with Gasteiger partial charge in [-0.25, -0.2) is 0 Å². The van der Waals surface area contributed by atoms with Gasteiger partial charge in [0.15, 0.2) is 0 Å². The molecule has 1 aromatic rings. The van der Waals surface area contributed by atoms with Crippen molar-refractivity contribution in [2.75, 3.05) is 19.7 Å². The van der Waals surface area contributed by atoms with Crippen molar-refractivity contribution in [2.45, 2.75) is 19.3 Å². The lowest BCUT2D eigenvalue weighted by Crippen LogP contribution is -2.26. The highest BCUT2D eigenvalue weighted by Gasteiger charge is 2.04. The Morgan fingerprint density at radius 2 is 2.05 bits per heavy atom. The Hall–Kier alpha value is -2.08. The molecule has 0 heterocycles. The first-order valence-electron chi connectivity index (χ1n) is 6.63. The van der Waals surface area contributed by atoms with Gasteiger partial charge in [0.25, 0.3) is 0 Å². The molecule has 0 fully saturated rings. The summed E-state index contributed by atoms with van der Waals surface area (Å²) in [5.74, 6) is -0.0431. The second kappa shape index (κ2) is 8.92. The number of amides is 2. The lowest BCUT2D eigenvalue weighted by Gasteiger charge is -2.07. The van der Waals surface area contributed by atoms with Gasteiger partial charge < -0.3 is 21.5 Å². The summed E-state index contributed by atoms with van der Waals surface area (Å²) < 4.78 is 5.41. The molecule has 0 aliphatic heterocycles. The first-order valence-corrected chi connectivity index (χ1v) is 6.63. The number of carbonyl (C=O) groups is 2. The molecular formula is C14H21N3O3. The van der Waals surface area contributed by atoms with Gasteiger partial charge in [-0.2, -0.15) is 0 Å². The number of benzene rings is 1. The molecule has 2 amide bonds. The Balaban J connectivity index is 2.25. The number of hydrogen-bond donors (Lipinski definition) is 3. The zero-order valence-corrected chi connectivity index (χ0v) is 11.4. The van der Waals surface area contributed by atoms with E-state index in [1.54, 1.807) is 24.3 Å². The predicted octanol–water partition coefficient (Wildman–Crippen LogP) is 0.409. The molecule has 0 aliphatic carbocycles. The van der Waals surface area contributed by atoms with Gasteiger partial charge in [0.2, 0.25) is 11.8 Å². The summed E-state index contributed by atoms with van der Waals surface area (Å²) in [4.78, 5) is 22.5. The van der Waals surface area contributed by atoms with E-state index in [9.17, 15) is 9.59 Å². The number of rotatable bonds is 9. The maximum absolute atomic E-state index is 11.5. The van der Waals surface area contributed by atoms with Crippen molar-refractivity contribution in [2.24, 2.45) is 11.5 Å². The Morgan fingerprint density at radius 3 is 2.75 bits per heavy atom. The van der Waals surface area contributed by atoms with Crippen LogP contribution in [0.5, 0.6) is 5.75 Å². The van der Waals surface area contributed by atoms with Crippen LogP contribution in [0.3, 0.4) is 0 Å². The molecule has 110 valence electrons. The van der Waals surface area contributed by atoms with Gasteiger partial charge in [0.05, 0.1) is 13.0 Å². The summed E-state index contributed by atoms with van der Waals surface area (Å²) >= 11 is 0. The van der Waals surface area contributed by atoms with E-state index >= 15 is 0 Å². The first-order chi connectivity index (χ1) is 9.63. The molecule has 1 aromatic carbocycles. The number of primary amides is 1. The highest BCUT2D eigenvalue weighted by Crippen LogP contribution is 2.12. The molecule has 0 spiro atoms. The molecule has 1 rings (SSSR count). The average molecular weight is 279 g/mol. The number of unbranched alkanes of at least 4 members (excludes halogenated alkanes) is 1. The predicted molar refractivity (Wildman–Crippen MR) is 76.4 cm³/mol. The number of nitrogens with two attached hydrogens (primary N) is 2. The summed E-state index contributed by atoms with van der Waals surface area (Å²) in [6.07, 6.45) is 2.05. The minimum Gasteiger partial charge on any atom is -0.493 e. The zero-order valence-electron chi connectivity index (χ0n) is 11.4. The largest absolute Gasteiger partial charge is 0.493 e. The second-order valence-electron chi connectivity index (χ2n) is 4.34. The van der Waals surface area contributed by atoms with Crippen molar-refractivity contribution >= 4 is 11.8 Å². The molecule has 6 nitrogen and oxygen atoms in total. The quantitative estimate of drug-likeness (QED) is 0.569. The van der Waals surface area contributed by atoms with Crippen LogP contribution in [0.25, 0.3) is 0 Å². The maximum atomic E-state index is 11.5. The smallest absolute Gasteiger partial charge is 0.248 e. The molecule has 5 N–H and O–H groups in total. The Morgan fingerprint density at radius 1 is 1.25 bits per heavy atom. The van der Waals surface area contributed by atoms with Crippen molar-refractivity contribution in [1.29, 1.82) is 0 Å². The van der Waals surface area contributed by atoms with E-state index in [1.165, 1.54) is 0 Å². The lowest BCUT2D eigenvalue weighted by atomic mass is 10.2. The second-order valence-corrected chi connectivity index (χ2v) is 4.34. The Kier molecular flexibility index (Phi) is 7.13. The summed E-state index contributed by atoms with van der Waals surface area (Å²) in [6, 6.07) is 6.56. The van der Waals surface area contributed by atoms with Crippen LogP contribution in [0.4, 0.5) is 0 Å². The molecule has 0 bridgehead atoms. The molecule has 0 saturated carbocycles. The van der Waals surface area contributed by atoms with Gasteiger partial charge >= 0.3 is 0 Å². The minimum absolute atomic E-state index is 0.0620. The van der Waals surface area contributed by atoms with Crippen molar-refractivity contribution in [3.05, 3.63) is 29.8 Å². The standard InChI is InChI=1S/C14H21N3O3/c15-7-1-2-8-17-13(18)6-9-20-12-5-3-4-11(10-12)14(16)19/h3-5,10H,1-2,6-9,15H2,(H2,16,19)(H,17,18). The molecule has 20 heavy (non-hydrogen) atoms.